The third-order valence-corrected chi connectivity index (χ3v) is 3.33. The second kappa shape index (κ2) is 8.80. The lowest BCUT2D eigenvalue weighted by Crippen LogP contribution is -3.08. The minimum Gasteiger partial charge on any atom is -0.457 e. The lowest BCUT2D eigenvalue weighted by atomic mass is 10.2. The van der Waals surface area contributed by atoms with Gasteiger partial charge in [0.25, 0.3) is 0 Å². The van der Waals surface area contributed by atoms with Crippen molar-refractivity contribution in [2.24, 2.45) is 0 Å². The monoisotopic (exact) mass is 296 g/mol. The molecule has 0 fully saturated rings. The van der Waals surface area contributed by atoms with Crippen molar-refractivity contribution in [3.8, 4) is 0 Å². The Morgan fingerprint density at radius 1 is 1.05 bits per heavy atom. The minimum atomic E-state index is -0.295. The topological polar surface area (TPSA) is 30.7 Å². The molecule has 0 bridgehead atoms. The molecule has 3 nitrogen and oxygen atoms in total. The van der Waals surface area contributed by atoms with Crippen molar-refractivity contribution in [1.29, 1.82) is 0 Å². The van der Waals surface area contributed by atoms with E-state index >= 15 is 0 Å². The number of likely N-dealkylation sites (N-methyl/N-ethyl adjacent to an activating group) is 1. The molecule has 22 heavy (non-hydrogen) atoms. The van der Waals surface area contributed by atoms with E-state index in [-0.39, 0.29) is 5.97 Å². The second-order valence-electron chi connectivity index (χ2n) is 5.28. The van der Waals surface area contributed by atoms with Gasteiger partial charge < -0.3 is 9.64 Å². The van der Waals surface area contributed by atoms with Gasteiger partial charge in [0.15, 0.2) is 0 Å². The lowest BCUT2D eigenvalue weighted by Gasteiger charge is -2.13. The molecule has 3 heteroatoms. The van der Waals surface area contributed by atoms with E-state index in [4.69, 9.17) is 4.74 Å². The molecule has 1 unspecified atom stereocenters. The third-order valence-electron chi connectivity index (χ3n) is 3.33. The van der Waals surface area contributed by atoms with Gasteiger partial charge in [-0.1, -0.05) is 60.7 Å². The van der Waals surface area contributed by atoms with Crippen molar-refractivity contribution in [2.45, 2.75) is 6.54 Å². The Labute approximate surface area is 131 Å². The van der Waals surface area contributed by atoms with Gasteiger partial charge in [0.1, 0.15) is 19.7 Å². The summed E-state index contributed by atoms with van der Waals surface area (Å²) in [5.74, 6) is -0.295. The average molecular weight is 296 g/mol. The molecule has 0 aliphatic rings. The van der Waals surface area contributed by atoms with Crippen LogP contribution in [0.2, 0.25) is 0 Å². The molecule has 0 spiro atoms. The first-order valence-electron chi connectivity index (χ1n) is 7.49. The fourth-order valence-corrected chi connectivity index (χ4v) is 2.14. The van der Waals surface area contributed by atoms with Crippen molar-refractivity contribution < 1.29 is 14.4 Å². The maximum atomic E-state index is 11.6. The van der Waals surface area contributed by atoms with E-state index in [2.05, 4.69) is 19.2 Å². The van der Waals surface area contributed by atoms with Crippen LogP contribution in [0.4, 0.5) is 0 Å². The molecule has 0 amide bonds. The Bertz CT molecular complexity index is 593. The van der Waals surface area contributed by atoms with Gasteiger partial charge >= 0.3 is 5.97 Å². The number of hydrogen-bond acceptors (Lipinski definition) is 2. The summed E-state index contributed by atoms with van der Waals surface area (Å²) in [6.07, 6.45) is 3.24. The zero-order valence-corrected chi connectivity index (χ0v) is 12.9. The number of quaternary nitrogens is 1. The summed E-state index contributed by atoms with van der Waals surface area (Å²) < 4.78 is 5.23. The van der Waals surface area contributed by atoms with Gasteiger partial charge in [0.05, 0.1) is 7.05 Å². The van der Waals surface area contributed by atoms with Crippen molar-refractivity contribution in [3.05, 3.63) is 77.9 Å². The quantitative estimate of drug-likeness (QED) is 0.625. The molecule has 2 rings (SSSR count). The fraction of sp³-hybridized carbons (Fsp3) is 0.211. The molecular formula is C19H22NO2+. The van der Waals surface area contributed by atoms with Gasteiger partial charge in [0.2, 0.25) is 0 Å². The van der Waals surface area contributed by atoms with E-state index in [1.807, 2.05) is 48.5 Å². The summed E-state index contributed by atoms with van der Waals surface area (Å²) >= 11 is 0. The lowest BCUT2D eigenvalue weighted by molar-refractivity contribution is -0.893. The first-order chi connectivity index (χ1) is 10.7. The SMILES string of the molecule is C[NH+](CCOC(=O)/C=C/c1ccccc1)Cc1ccccc1. The molecule has 0 saturated heterocycles. The van der Waals surface area contributed by atoms with Crippen LogP contribution in [0.25, 0.3) is 6.08 Å². The first kappa shape index (κ1) is 16.0. The van der Waals surface area contributed by atoms with E-state index in [1.54, 1.807) is 6.08 Å². The number of carbonyl (C=O) groups is 1. The number of ether oxygens (including phenoxy) is 1. The summed E-state index contributed by atoms with van der Waals surface area (Å²) in [5, 5.41) is 0. The number of rotatable bonds is 7. The average Bonchev–Trinajstić information content (AvgIpc) is 2.55. The predicted octanol–water partition coefficient (Wildman–Crippen LogP) is 1.96. The largest absolute Gasteiger partial charge is 0.457 e. The van der Waals surface area contributed by atoms with Crippen molar-refractivity contribution >= 4 is 12.0 Å². The van der Waals surface area contributed by atoms with E-state index < -0.39 is 0 Å². The molecule has 0 aliphatic carbocycles. The Hall–Kier alpha value is -2.39. The fourth-order valence-electron chi connectivity index (χ4n) is 2.14. The maximum Gasteiger partial charge on any atom is 0.330 e. The number of esters is 1. The molecule has 0 radical (unpaired) electrons. The van der Waals surface area contributed by atoms with Gasteiger partial charge in [0, 0.05) is 11.6 Å². The number of hydrogen-bond donors (Lipinski definition) is 1. The summed E-state index contributed by atoms with van der Waals surface area (Å²) in [4.78, 5) is 12.9. The normalized spacial score (nSPS) is 12.2. The smallest absolute Gasteiger partial charge is 0.330 e. The molecule has 114 valence electrons. The Kier molecular flexibility index (Phi) is 6.39. The van der Waals surface area contributed by atoms with Crippen LogP contribution in [0.5, 0.6) is 0 Å². The number of nitrogens with one attached hydrogen (secondary N) is 1. The second-order valence-corrected chi connectivity index (χ2v) is 5.28. The summed E-state index contributed by atoms with van der Waals surface area (Å²) in [7, 11) is 2.10. The van der Waals surface area contributed by atoms with Gasteiger partial charge in [-0.3, -0.25) is 0 Å². The molecule has 0 aromatic heterocycles. The minimum absolute atomic E-state index is 0.295. The van der Waals surface area contributed by atoms with Crippen LogP contribution in [-0.4, -0.2) is 26.2 Å². The van der Waals surface area contributed by atoms with Crippen LogP contribution in [0.3, 0.4) is 0 Å². The zero-order chi connectivity index (χ0) is 15.6. The van der Waals surface area contributed by atoms with Gasteiger partial charge in [-0.2, -0.15) is 0 Å². The molecule has 0 heterocycles. The first-order valence-corrected chi connectivity index (χ1v) is 7.49. The van der Waals surface area contributed by atoms with Gasteiger partial charge in [-0.25, -0.2) is 4.79 Å². The summed E-state index contributed by atoms with van der Waals surface area (Å²) in [6.45, 7) is 2.15. The van der Waals surface area contributed by atoms with Crippen LogP contribution < -0.4 is 4.90 Å². The van der Waals surface area contributed by atoms with E-state index in [0.717, 1.165) is 18.7 Å². The van der Waals surface area contributed by atoms with Crippen LogP contribution in [-0.2, 0) is 16.1 Å². The molecule has 0 aliphatic heterocycles. The molecule has 1 atom stereocenters. The molecule has 0 saturated carbocycles. The zero-order valence-electron chi connectivity index (χ0n) is 12.9. The summed E-state index contributed by atoms with van der Waals surface area (Å²) in [6, 6.07) is 20.0. The predicted molar refractivity (Wildman–Crippen MR) is 88.3 cm³/mol. The van der Waals surface area contributed by atoms with E-state index in [9.17, 15) is 4.79 Å². The Balaban J connectivity index is 1.67. The standard InChI is InChI=1S/C19H21NO2/c1-20(16-18-10-6-3-7-11-18)14-15-22-19(21)13-12-17-8-4-2-5-9-17/h2-13H,14-16H2,1H3/p+1/b13-12+. The van der Waals surface area contributed by atoms with Crippen molar-refractivity contribution in [1.82, 2.24) is 0 Å². The van der Waals surface area contributed by atoms with Crippen LogP contribution in [0.1, 0.15) is 11.1 Å². The van der Waals surface area contributed by atoms with E-state index in [0.29, 0.717) is 6.61 Å². The number of benzene rings is 2. The highest BCUT2D eigenvalue weighted by Gasteiger charge is 2.05. The molecular weight excluding hydrogens is 274 g/mol. The highest BCUT2D eigenvalue weighted by molar-refractivity contribution is 5.86. The van der Waals surface area contributed by atoms with E-state index in [1.165, 1.54) is 16.5 Å². The molecule has 2 aromatic rings. The third kappa shape index (κ3) is 5.94. The molecule has 1 N–H and O–H groups in total. The number of carbonyl (C=O) groups excluding carboxylic acids is 1. The van der Waals surface area contributed by atoms with Crippen molar-refractivity contribution in [2.75, 3.05) is 20.2 Å². The van der Waals surface area contributed by atoms with Gasteiger partial charge in [-0.05, 0) is 11.6 Å². The van der Waals surface area contributed by atoms with Crippen LogP contribution in [0, 0.1) is 0 Å². The summed E-state index contributed by atoms with van der Waals surface area (Å²) in [5.41, 5.74) is 2.28. The van der Waals surface area contributed by atoms with Gasteiger partial charge in [-0.15, -0.1) is 0 Å². The molecule has 2 aromatic carbocycles. The van der Waals surface area contributed by atoms with Crippen LogP contribution in [0.15, 0.2) is 66.7 Å². The highest BCUT2D eigenvalue weighted by atomic mass is 16.5. The highest BCUT2D eigenvalue weighted by Crippen LogP contribution is 2.00. The Morgan fingerprint density at radius 3 is 2.36 bits per heavy atom. The maximum absolute atomic E-state index is 11.6. The Morgan fingerprint density at radius 2 is 1.68 bits per heavy atom. The van der Waals surface area contributed by atoms with Crippen molar-refractivity contribution in [3.63, 3.8) is 0 Å². The van der Waals surface area contributed by atoms with Crippen LogP contribution >= 0.6 is 0 Å².